The number of ether oxygens (including phenoxy) is 5. The van der Waals surface area contributed by atoms with Gasteiger partial charge in [-0.3, -0.25) is 0 Å². The van der Waals surface area contributed by atoms with Crippen molar-refractivity contribution in [2.45, 2.75) is 157 Å². The summed E-state index contributed by atoms with van der Waals surface area (Å²) >= 11 is 0. The van der Waals surface area contributed by atoms with Crippen molar-refractivity contribution in [2.24, 2.45) is 46.3 Å². The Hall–Kier alpha value is -1.53. The van der Waals surface area contributed by atoms with E-state index in [1.165, 1.54) is 43.3 Å². The molecule has 0 radical (unpaired) electrons. The topological polar surface area (TPSA) is 63.2 Å². The van der Waals surface area contributed by atoms with Gasteiger partial charge in [0.15, 0.2) is 11.9 Å². The maximum Gasteiger partial charge on any atom is 0.338 e. The van der Waals surface area contributed by atoms with Crippen molar-refractivity contribution in [3.8, 4) is 0 Å². The zero-order chi connectivity index (χ0) is 31.8. The lowest BCUT2D eigenvalue weighted by atomic mass is 9.45. The van der Waals surface area contributed by atoms with Gasteiger partial charge in [0.05, 0.1) is 6.61 Å². The molecule has 0 bridgehead atoms. The van der Waals surface area contributed by atoms with Crippen LogP contribution in [-0.2, 0) is 28.5 Å². The highest BCUT2D eigenvalue weighted by atomic mass is 16.8. The third kappa shape index (κ3) is 5.78. The standard InChI is InChI=1S/C38H60O6/c1-22(2)12-11-13-23(3)28-20-26-32-31-27(15-17-38(28,32)10)37(9)16-14-25(41-33(39)30-21-40-36(7,8)43-30)18-24(37)19-29(31)42-34(26)44-35(4,5)6/h19,22-23,25,27-32H,11-18,20-21H2,1-10H3. The van der Waals surface area contributed by atoms with Crippen molar-refractivity contribution in [1.82, 2.24) is 0 Å². The average molecular weight is 613 g/mol. The molecular formula is C38H60O6. The molecule has 10 unspecified atom stereocenters. The highest BCUT2D eigenvalue weighted by Gasteiger charge is 2.66. The van der Waals surface area contributed by atoms with Gasteiger partial charge < -0.3 is 23.7 Å². The van der Waals surface area contributed by atoms with E-state index in [-0.39, 0.29) is 41.2 Å². The molecule has 0 N–H and O–H groups in total. The molecule has 2 heterocycles. The fourth-order valence-electron chi connectivity index (χ4n) is 10.4. The van der Waals surface area contributed by atoms with Crippen molar-refractivity contribution in [2.75, 3.05) is 6.61 Å². The highest BCUT2D eigenvalue weighted by molar-refractivity contribution is 5.75. The van der Waals surface area contributed by atoms with Crippen molar-refractivity contribution < 1.29 is 28.5 Å². The molecule has 0 aromatic rings. The molecule has 248 valence electrons. The highest BCUT2D eigenvalue weighted by Crippen LogP contribution is 2.71. The van der Waals surface area contributed by atoms with Crippen LogP contribution in [0.2, 0.25) is 0 Å². The molecule has 10 atom stereocenters. The summed E-state index contributed by atoms with van der Waals surface area (Å²) in [5, 5.41) is 0. The fraction of sp³-hybridized carbons (Fsp3) is 0.868. The third-order valence-electron chi connectivity index (χ3n) is 12.5. The number of fused-ring (bicyclic) bond motifs is 2. The van der Waals surface area contributed by atoms with E-state index < -0.39 is 11.9 Å². The minimum absolute atomic E-state index is 0.00520. The molecule has 0 aromatic heterocycles. The Morgan fingerprint density at radius 1 is 1.05 bits per heavy atom. The lowest BCUT2D eigenvalue weighted by Gasteiger charge is -2.61. The summed E-state index contributed by atoms with van der Waals surface area (Å²) in [5.41, 5.74) is 2.95. The van der Waals surface area contributed by atoms with Crippen LogP contribution in [0, 0.1) is 46.3 Å². The average Bonchev–Trinajstić information content (AvgIpc) is 3.44. The zero-order valence-corrected chi connectivity index (χ0v) is 29.3. The van der Waals surface area contributed by atoms with Crippen LogP contribution in [0.5, 0.6) is 0 Å². The summed E-state index contributed by atoms with van der Waals surface area (Å²) in [7, 11) is 0. The molecule has 0 spiro atoms. The van der Waals surface area contributed by atoms with Gasteiger partial charge in [-0.25, -0.2) is 4.79 Å². The van der Waals surface area contributed by atoms with Crippen LogP contribution in [0.3, 0.4) is 0 Å². The summed E-state index contributed by atoms with van der Waals surface area (Å²) in [4.78, 5) is 13.0. The van der Waals surface area contributed by atoms with E-state index in [4.69, 9.17) is 23.7 Å². The number of hydrogen-bond acceptors (Lipinski definition) is 6. The first-order chi connectivity index (χ1) is 20.5. The van der Waals surface area contributed by atoms with Crippen LogP contribution in [0.15, 0.2) is 23.2 Å². The monoisotopic (exact) mass is 612 g/mol. The molecule has 44 heavy (non-hydrogen) atoms. The van der Waals surface area contributed by atoms with Gasteiger partial charge in [0.1, 0.15) is 17.8 Å². The number of rotatable bonds is 8. The third-order valence-corrected chi connectivity index (χ3v) is 12.5. The maximum atomic E-state index is 13.0. The Morgan fingerprint density at radius 2 is 1.80 bits per heavy atom. The van der Waals surface area contributed by atoms with Crippen molar-refractivity contribution in [3.05, 3.63) is 23.2 Å². The lowest BCUT2D eigenvalue weighted by Crippen LogP contribution is -2.57. The Labute approximate surface area is 267 Å². The summed E-state index contributed by atoms with van der Waals surface area (Å²) in [6, 6.07) is 0. The van der Waals surface area contributed by atoms with Gasteiger partial charge in [0.2, 0.25) is 0 Å². The normalized spacial score (nSPS) is 41.4. The molecule has 6 aliphatic rings. The van der Waals surface area contributed by atoms with E-state index >= 15 is 0 Å². The van der Waals surface area contributed by atoms with Crippen LogP contribution < -0.4 is 0 Å². The first-order valence-electron chi connectivity index (χ1n) is 17.8. The van der Waals surface area contributed by atoms with Crippen LogP contribution in [0.4, 0.5) is 0 Å². The van der Waals surface area contributed by atoms with E-state index in [1.54, 1.807) is 0 Å². The molecule has 1 saturated heterocycles. The molecular weight excluding hydrogens is 552 g/mol. The lowest BCUT2D eigenvalue weighted by molar-refractivity contribution is -0.176. The molecule has 3 saturated carbocycles. The number of allylic oxidation sites excluding steroid dienone is 1. The molecule has 4 fully saturated rings. The predicted molar refractivity (Wildman–Crippen MR) is 171 cm³/mol. The van der Waals surface area contributed by atoms with Crippen LogP contribution in [0.1, 0.15) is 127 Å². The van der Waals surface area contributed by atoms with Gasteiger partial charge in [0, 0.05) is 17.9 Å². The molecule has 6 heteroatoms. The molecule has 0 amide bonds. The Bertz CT molecular complexity index is 1180. The van der Waals surface area contributed by atoms with E-state index in [0.717, 1.165) is 37.5 Å². The molecule has 0 aromatic carbocycles. The second-order valence-corrected chi connectivity index (χ2v) is 17.7. The van der Waals surface area contributed by atoms with Crippen molar-refractivity contribution in [3.63, 3.8) is 0 Å². The first kappa shape index (κ1) is 32.4. The van der Waals surface area contributed by atoms with Crippen LogP contribution in [0.25, 0.3) is 0 Å². The predicted octanol–water partition coefficient (Wildman–Crippen LogP) is 8.74. The van der Waals surface area contributed by atoms with Gasteiger partial charge in [-0.05, 0) is 113 Å². The quantitative estimate of drug-likeness (QED) is 0.202. The van der Waals surface area contributed by atoms with E-state index in [1.807, 2.05) is 13.8 Å². The van der Waals surface area contributed by atoms with E-state index in [2.05, 4.69) is 61.5 Å². The Morgan fingerprint density at radius 3 is 2.45 bits per heavy atom. The molecule has 6 nitrogen and oxygen atoms in total. The van der Waals surface area contributed by atoms with Gasteiger partial charge in [-0.2, -0.15) is 0 Å². The molecule has 6 rings (SSSR count). The smallest absolute Gasteiger partial charge is 0.338 e. The number of esters is 1. The second kappa shape index (κ2) is 11.3. The van der Waals surface area contributed by atoms with Crippen LogP contribution >= 0.6 is 0 Å². The van der Waals surface area contributed by atoms with Crippen molar-refractivity contribution >= 4 is 5.97 Å². The van der Waals surface area contributed by atoms with Gasteiger partial charge in [0.25, 0.3) is 5.95 Å². The van der Waals surface area contributed by atoms with Crippen molar-refractivity contribution in [1.29, 1.82) is 0 Å². The minimum atomic E-state index is -0.742. The van der Waals surface area contributed by atoms with E-state index in [0.29, 0.717) is 29.6 Å². The SMILES string of the molecule is CC(C)CCCC(C)C1CC2=C(OC(C)(C)C)OC3C=C4CC(OC(=O)C5COC(C)(C)O5)CCC4(C)C4CCC1(C)C2C34. The number of carbonyl (C=O) groups excluding carboxylic acids is 1. The second-order valence-electron chi connectivity index (χ2n) is 17.7. The summed E-state index contributed by atoms with van der Waals surface area (Å²) in [6.45, 7) is 22.7. The maximum absolute atomic E-state index is 13.0. The Kier molecular flexibility index (Phi) is 8.34. The minimum Gasteiger partial charge on any atom is -0.460 e. The molecule has 2 aliphatic heterocycles. The number of hydrogen-bond donors (Lipinski definition) is 0. The zero-order valence-electron chi connectivity index (χ0n) is 29.3. The largest absolute Gasteiger partial charge is 0.460 e. The van der Waals surface area contributed by atoms with Crippen LogP contribution in [-0.4, -0.2) is 42.3 Å². The Balaban J connectivity index is 1.27. The first-order valence-corrected chi connectivity index (χ1v) is 17.8. The number of carbonyl (C=O) groups is 1. The summed E-state index contributed by atoms with van der Waals surface area (Å²) in [6.07, 6.45) is 11.9. The van der Waals surface area contributed by atoms with E-state index in [9.17, 15) is 4.79 Å². The van der Waals surface area contributed by atoms with Gasteiger partial charge in [-0.15, -0.1) is 0 Å². The van der Waals surface area contributed by atoms with Gasteiger partial charge in [-0.1, -0.05) is 59.5 Å². The summed E-state index contributed by atoms with van der Waals surface area (Å²) in [5.74, 6) is 3.44. The summed E-state index contributed by atoms with van der Waals surface area (Å²) < 4.78 is 31.1. The molecule has 4 aliphatic carbocycles. The fourth-order valence-corrected chi connectivity index (χ4v) is 10.4. The van der Waals surface area contributed by atoms with Gasteiger partial charge >= 0.3 is 5.97 Å².